The largest absolute Gasteiger partial charge is 0.462 e. The summed E-state index contributed by atoms with van der Waals surface area (Å²) in [5, 5.41) is 0. The van der Waals surface area contributed by atoms with Crippen LogP contribution in [0, 0.1) is 52.3 Å². The molecule has 0 N–H and O–H groups in total. The summed E-state index contributed by atoms with van der Waals surface area (Å²) in [6, 6.07) is 0. The molecule has 1 aliphatic heterocycles. The van der Waals surface area contributed by atoms with Gasteiger partial charge in [-0.05, 0) is 155 Å². The van der Waals surface area contributed by atoms with E-state index in [1.54, 1.807) is 5.57 Å². The number of rotatable bonds is 35. The third-order valence-corrected chi connectivity index (χ3v) is 18.4. The maximum Gasteiger partial charge on any atom is 0.306 e. The molecule has 0 radical (unpaired) electrons. The van der Waals surface area contributed by atoms with Crippen LogP contribution in [0.2, 0.25) is 0 Å². The van der Waals surface area contributed by atoms with E-state index in [1.807, 2.05) is 13.8 Å². The molecule has 402 valence electrons. The Labute approximate surface area is 428 Å². The van der Waals surface area contributed by atoms with Crippen molar-refractivity contribution in [2.24, 2.45) is 52.3 Å². The molecule has 10 atom stereocenters. The number of fused-ring (bicyclic) bond motifs is 5. The van der Waals surface area contributed by atoms with Gasteiger partial charge in [-0.2, -0.15) is 0 Å². The first-order valence-corrected chi connectivity index (χ1v) is 30.6. The van der Waals surface area contributed by atoms with Crippen molar-refractivity contribution in [3.05, 3.63) is 23.8 Å². The molecule has 0 spiro atoms. The number of hydrogen-bond acceptors (Lipinski definition) is 6. The fourth-order valence-corrected chi connectivity index (χ4v) is 14.5. The van der Waals surface area contributed by atoms with E-state index < -0.39 is 0 Å². The Bertz CT molecular complexity index is 1390. The predicted molar refractivity (Wildman–Crippen MR) is 294 cm³/mol. The normalized spacial score (nSPS) is 28.9. The maximum absolute atomic E-state index is 13.1. The third-order valence-electron chi connectivity index (χ3n) is 18.4. The summed E-state index contributed by atoms with van der Waals surface area (Å²) < 4.78 is 24.8. The summed E-state index contributed by atoms with van der Waals surface area (Å²) in [6.07, 6.45) is 45.5. The minimum atomic E-state index is -0.0539. The molecule has 5 rings (SSSR count). The van der Waals surface area contributed by atoms with Crippen LogP contribution >= 0.6 is 0 Å². The molecule has 6 nitrogen and oxygen atoms in total. The Morgan fingerprint density at radius 1 is 0.768 bits per heavy atom. The molecule has 6 heteroatoms. The van der Waals surface area contributed by atoms with Crippen LogP contribution in [0.25, 0.3) is 0 Å². The molecule has 0 amide bonds. The Morgan fingerprint density at radius 2 is 1.48 bits per heavy atom. The van der Waals surface area contributed by atoms with Crippen LogP contribution in [-0.2, 0) is 23.7 Å². The molecule has 7 unspecified atom stereocenters. The van der Waals surface area contributed by atoms with Gasteiger partial charge in [0.05, 0.1) is 25.9 Å². The lowest BCUT2D eigenvalue weighted by Gasteiger charge is -2.58. The highest BCUT2D eigenvalue weighted by molar-refractivity contribution is 5.69. The van der Waals surface area contributed by atoms with Crippen molar-refractivity contribution in [2.75, 3.05) is 52.7 Å². The van der Waals surface area contributed by atoms with Gasteiger partial charge in [0.1, 0.15) is 6.10 Å². The summed E-state index contributed by atoms with van der Waals surface area (Å²) >= 11 is 0. The average Bonchev–Trinajstić information content (AvgIpc) is 3.69. The van der Waals surface area contributed by atoms with Crippen molar-refractivity contribution in [2.45, 2.75) is 267 Å². The molecule has 69 heavy (non-hydrogen) atoms. The Balaban J connectivity index is 0.00000511. The molecule has 3 saturated carbocycles. The van der Waals surface area contributed by atoms with Gasteiger partial charge in [0.2, 0.25) is 0 Å². The van der Waals surface area contributed by atoms with E-state index in [2.05, 4.69) is 71.6 Å². The Morgan fingerprint density at radius 3 is 2.19 bits per heavy atom. The summed E-state index contributed by atoms with van der Waals surface area (Å²) in [5.74, 6) is 5.86. The number of nitrogens with zero attached hydrogens (tertiary/aromatic N) is 1. The van der Waals surface area contributed by atoms with Crippen molar-refractivity contribution in [3.8, 4) is 0 Å². The fraction of sp³-hybridized carbons (Fsp3) is 0.921. The molecule has 0 aromatic carbocycles. The molecular weight excluding hydrogens is 851 g/mol. The van der Waals surface area contributed by atoms with Crippen LogP contribution in [0.4, 0.5) is 0 Å². The summed E-state index contributed by atoms with van der Waals surface area (Å²) in [7, 11) is 0. The quantitative estimate of drug-likeness (QED) is 0.0358. The maximum atomic E-state index is 13.1. The van der Waals surface area contributed by atoms with Crippen molar-refractivity contribution in [1.29, 1.82) is 0 Å². The van der Waals surface area contributed by atoms with E-state index in [0.717, 1.165) is 86.9 Å². The number of carbonyl (C=O) groups is 1. The summed E-state index contributed by atoms with van der Waals surface area (Å²) in [4.78, 5) is 15.7. The van der Waals surface area contributed by atoms with Crippen molar-refractivity contribution in [1.82, 2.24) is 4.90 Å². The van der Waals surface area contributed by atoms with Crippen LogP contribution in [0.3, 0.4) is 0 Å². The van der Waals surface area contributed by atoms with Gasteiger partial charge in [-0.1, -0.05) is 170 Å². The Kier molecular flexibility index (Phi) is 30.0. The monoisotopic (exact) mass is 966 g/mol. The van der Waals surface area contributed by atoms with Gasteiger partial charge in [0.25, 0.3) is 0 Å². The topological polar surface area (TPSA) is 57.2 Å². The molecule has 1 saturated heterocycles. The van der Waals surface area contributed by atoms with Crippen LogP contribution in [0.15, 0.2) is 23.8 Å². The molecule has 4 fully saturated rings. The van der Waals surface area contributed by atoms with E-state index in [4.69, 9.17) is 18.9 Å². The molecule has 0 aromatic heterocycles. The highest BCUT2D eigenvalue weighted by Crippen LogP contribution is 2.67. The smallest absolute Gasteiger partial charge is 0.306 e. The van der Waals surface area contributed by atoms with Crippen molar-refractivity contribution >= 4 is 5.97 Å². The zero-order chi connectivity index (χ0) is 49.7. The molecular formula is C63H115NO5. The zero-order valence-corrected chi connectivity index (χ0v) is 47.3. The van der Waals surface area contributed by atoms with E-state index in [0.29, 0.717) is 44.7 Å². The van der Waals surface area contributed by atoms with Gasteiger partial charge in [-0.25, -0.2) is 0 Å². The standard InChI is InChI=1S/C61H109NO5.C2H6/c1-8-10-11-12-13-14-15-16-17-18-19-20-21-22-23-24-41-65-48-54(47-62-40-26-29-50(5)46-62)66-44-43-64-42-27-31-59(63)67-53-36-38-60(6)52(45-53)32-33-55-57-35-34-56(61(57,7)39-37-58(55)60)51(9-2)30-25-28-49(3)4;1-2/h16-17,32,49-51,53-58H,8-15,18-31,33-48H2,1-7H3;1-2H3/b17-16-;/t50?,51?,53?,54?,55?,56-,57+,58+,60?,61?;/m1./s1. The summed E-state index contributed by atoms with van der Waals surface area (Å²) in [6.45, 7) is 27.6. The minimum absolute atomic E-state index is 0.0301. The average molecular weight is 967 g/mol. The third kappa shape index (κ3) is 20.6. The molecule has 0 bridgehead atoms. The van der Waals surface area contributed by atoms with Crippen LogP contribution in [0.5, 0.6) is 0 Å². The van der Waals surface area contributed by atoms with Gasteiger partial charge >= 0.3 is 5.97 Å². The van der Waals surface area contributed by atoms with Gasteiger partial charge in [0, 0.05) is 39.1 Å². The Hall–Kier alpha value is -1.21. The first-order valence-electron chi connectivity index (χ1n) is 30.6. The van der Waals surface area contributed by atoms with Crippen molar-refractivity contribution in [3.63, 3.8) is 0 Å². The fourth-order valence-electron chi connectivity index (χ4n) is 14.5. The second kappa shape index (κ2) is 34.3. The van der Waals surface area contributed by atoms with E-state index >= 15 is 0 Å². The highest BCUT2D eigenvalue weighted by Gasteiger charge is 2.59. The van der Waals surface area contributed by atoms with Crippen molar-refractivity contribution < 1.29 is 23.7 Å². The number of allylic oxidation sites excluding steroid dienone is 3. The van der Waals surface area contributed by atoms with Gasteiger partial charge in [0.15, 0.2) is 0 Å². The van der Waals surface area contributed by atoms with Gasteiger partial charge < -0.3 is 23.8 Å². The SMILES string of the molecule is CC.CCCCCCCC/C=C\CCCCCCCCOCC(CN1CCCC(C)C1)OCCOCCCC(=O)OC1CCC2(C)C(=CCC3[C@@H]2CCC2(C)[C@@H](C(CC)CCCC(C)C)CC[C@@H]32)C1. The number of unbranched alkanes of at least 4 members (excludes halogenated alkanes) is 12. The lowest BCUT2D eigenvalue weighted by Crippen LogP contribution is -2.51. The second-order valence-electron chi connectivity index (χ2n) is 24.1. The number of ether oxygens (including phenoxy) is 4. The molecule has 0 aromatic rings. The molecule has 4 aliphatic carbocycles. The van der Waals surface area contributed by atoms with E-state index in [-0.39, 0.29) is 23.6 Å². The number of likely N-dealkylation sites (tertiary alicyclic amines) is 1. The lowest BCUT2D eigenvalue weighted by atomic mass is 9.47. The van der Waals surface area contributed by atoms with Crippen LogP contribution in [-0.4, -0.2) is 75.7 Å². The first kappa shape index (κ1) is 60.3. The number of piperidine rings is 1. The van der Waals surface area contributed by atoms with Crippen LogP contribution in [0.1, 0.15) is 255 Å². The van der Waals surface area contributed by atoms with E-state index in [9.17, 15) is 4.79 Å². The zero-order valence-electron chi connectivity index (χ0n) is 47.3. The lowest BCUT2D eigenvalue weighted by molar-refractivity contribution is -0.152. The number of carbonyl (C=O) groups excluding carboxylic acids is 1. The number of esters is 1. The molecule has 5 aliphatic rings. The van der Waals surface area contributed by atoms with Crippen LogP contribution < -0.4 is 0 Å². The minimum Gasteiger partial charge on any atom is -0.462 e. The van der Waals surface area contributed by atoms with Gasteiger partial charge in [-0.15, -0.1) is 0 Å². The summed E-state index contributed by atoms with van der Waals surface area (Å²) in [5.41, 5.74) is 2.41. The number of hydrogen-bond donors (Lipinski definition) is 0. The molecule has 1 heterocycles. The first-order chi connectivity index (χ1) is 33.6. The highest BCUT2D eigenvalue weighted by atomic mass is 16.6. The predicted octanol–water partition coefficient (Wildman–Crippen LogP) is 17.3. The van der Waals surface area contributed by atoms with Gasteiger partial charge in [-0.3, -0.25) is 4.79 Å². The second-order valence-corrected chi connectivity index (χ2v) is 24.1. The van der Waals surface area contributed by atoms with E-state index in [1.165, 1.54) is 161 Å².